The summed E-state index contributed by atoms with van der Waals surface area (Å²) in [5.74, 6) is -2.38. The second-order valence-corrected chi connectivity index (χ2v) is 5.15. The summed E-state index contributed by atoms with van der Waals surface area (Å²) >= 11 is 1.12. The van der Waals surface area contributed by atoms with Crippen LogP contribution in [0.3, 0.4) is 0 Å². The average Bonchev–Trinajstić information content (AvgIpc) is 2.78. The molecule has 2 aromatic rings. The average molecular weight is 297 g/mol. The lowest BCUT2D eigenvalue weighted by Crippen LogP contribution is -2.02. The van der Waals surface area contributed by atoms with E-state index >= 15 is 0 Å². The Bertz CT molecular complexity index is 667. The summed E-state index contributed by atoms with van der Waals surface area (Å²) in [6.07, 6.45) is 0.577. The molecule has 0 bridgehead atoms. The Morgan fingerprint density at radius 2 is 2.05 bits per heavy atom. The van der Waals surface area contributed by atoms with Crippen molar-refractivity contribution in [1.82, 2.24) is 0 Å². The first-order valence-corrected chi connectivity index (χ1v) is 6.76. The van der Waals surface area contributed by atoms with Crippen LogP contribution in [0.2, 0.25) is 0 Å². The van der Waals surface area contributed by atoms with Gasteiger partial charge in [0.05, 0.1) is 12.8 Å². The van der Waals surface area contributed by atoms with Crippen LogP contribution < -0.4 is 5.73 Å². The van der Waals surface area contributed by atoms with E-state index < -0.39 is 17.6 Å². The number of carbonyl (C=O) groups is 1. The standard InChI is InChI=1S/C14H13F2NO2S/c1-3-8-11(17)13(14(18)19-2)20-12(8)7-4-5-9(15)10(16)6-7/h4-6H,3,17H2,1-2H3. The first kappa shape index (κ1) is 14.5. The molecule has 20 heavy (non-hydrogen) atoms. The summed E-state index contributed by atoms with van der Waals surface area (Å²) in [7, 11) is 1.27. The van der Waals surface area contributed by atoms with Gasteiger partial charge in [-0.05, 0) is 29.7 Å². The molecule has 1 aromatic heterocycles. The zero-order chi connectivity index (χ0) is 14.9. The summed E-state index contributed by atoms with van der Waals surface area (Å²) in [5, 5.41) is 0. The van der Waals surface area contributed by atoms with Gasteiger partial charge in [0.15, 0.2) is 11.6 Å². The van der Waals surface area contributed by atoms with E-state index in [-0.39, 0.29) is 4.88 Å². The molecule has 106 valence electrons. The number of nitrogen functional groups attached to an aromatic ring is 1. The van der Waals surface area contributed by atoms with E-state index in [1.165, 1.54) is 13.2 Å². The van der Waals surface area contributed by atoms with Gasteiger partial charge < -0.3 is 10.5 Å². The number of nitrogens with two attached hydrogens (primary N) is 1. The zero-order valence-corrected chi connectivity index (χ0v) is 11.8. The quantitative estimate of drug-likeness (QED) is 0.880. The van der Waals surface area contributed by atoms with Gasteiger partial charge in [0, 0.05) is 4.88 Å². The van der Waals surface area contributed by atoms with Crippen LogP contribution >= 0.6 is 11.3 Å². The minimum atomic E-state index is -0.934. The number of esters is 1. The summed E-state index contributed by atoms with van der Waals surface area (Å²) in [5.41, 5.74) is 7.51. The lowest BCUT2D eigenvalue weighted by Gasteiger charge is -2.03. The topological polar surface area (TPSA) is 52.3 Å². The largest absolute Gasteiger partial charge is 0.465 e. The maximum atomic E-state index is 13.3. The van der Waals surface area contributed by atoms with Gasteiger partial charge in [0.2, 0.25) is 0 Å². The first-order valence-electron chi connectivity index (χ1n) is 5.94. The highest BCUT2D eigenvalue weighted by atomic mass is 32.1. The van der Waals surface area contributed by atoms with Crippen molar-refractivity contribution < 1.29 is 18.3 Å². The normalized spacial score (nSPS) is 10.6. The van der Waals surface area contributed by atoms with Crippen LogP contribution in [0.15, 0.2) is 18.2 Å². The SMILES string of the molecule is CCc1c(-c2ccc(F)c(F)c2)sc(C(=O)OC)c1N. The van der Waals surface area contributed by atoms with Gasteiger partial charge in [0.1, 0.15) is 4.88 Å². The third kappa shape index (κ3) is 2.38. The molecule has 0 spiro atoms. The highest BCUT2D eigenvalue weighted by Crippen LogP contribution is 2.39. The highest BCUT2D eigenvalue weighted by Gasteiger charge is 2.21. The molecular formula is C14H13F2NO2S. The fraction of sp³-hybridized carbons (Fsp3) is 0.214. The van der Waals surface area contributed by atoms with Crippen LogP contribution in [-0.4, -0.2) is 13.1 Å². The van der Waals surface area contributed by atoms with Gasteiger partial charge in [-0.1, -0.05) is 13.0 Å². The van der Waals surface area contributed by atoms with Crippen molar-refractivity contribution in [3.63, 3.8) is 0 Å². The molecule has 1 aromatic carbocycles. The van der Waals surface area contributed by atoms with Crippen LogP contribution in [-0.2, 0) is 11.2 Å². The Labute approximate surface area is 119 Å². The van der Waals surface area contributed by atoms with Crippen molar-refractivity contribution in [2.75, 3.05) is 12.8 Å². The van der Waals surface area contributed by atoms with E-state index in [0.717, 1.165) is 29.0 Å². The van der Waals surface area contributed by atoms with Crippen LogP contribution in [0.25, 0.3) is 10.4 Å². The number of hydrogen-bond acceptors (Lipinski definition) is 4. The molecule has 0 aliphatic rings. The first-order chi connectivity index (χ1) is 9.49. The fourth-order valence-corrected chi connectivity index (χ4v) is 3.17. The molecular weight excluding hydrogens is 284 g/mol. The Balaban J connectivity index is 2.61. The number of ether oxygens (including phenoxy) is 1. The van der Waals surface area contributed by atoms with E-state index in [4.69, 9.17) is 5.73 Å². The molecule has 0 saturated carbocycles. The van der Waals surface area contributed by atoms with Crippen LogP contribution in [0.1, 0.15) is 22.2 Å². The van der Waals surface area contributed by atoms with Gasteiger partial charge in [-0.2, -0.15) is 0 Å². The van der Waals surface area contributed by atoms with Crippen molar-refractivity contribution in [3.05, 3.63) is 40.3 Å². The molecule has 2 N–H and O–H groups in total. The Hall–Kier alpha value is -1.95. The van der Waals surface area contributed by atoms with Gasteiger partial charge in [0.25, 0.3) is 0 Å². The van der Waals surface area contributed by atoms with Gasteiger partial charge in [-0.15, -0.1) is 11.3 Å². The molecule has 0 aliphatic carbocycles. The van der Waals surface area contributed by atoms with Crippen LogP contribution in [0, 0.1) is 11.6 Å². The molecule has 1 heterocycles. The zero-order valence-electron chi connectivity index (χ0n) is 11.0. The molecule has 0 fully saturated rings. The molecule has 0 atom stereocenters. The summed E-state index contributed by atoms with van der Waals surface area (Å²) < 4.78 is 31.0. The molecule has 6 heteroatoms. The number of methoxy groups -OCH3 is 1. The summed E-state index contributed by atoms with van der Waals surface area (Å²) in [6, 6.07) is 3.61. The number of benzene rings is 1. The maximum absolute atomic E-state index is 13.3. The van der Waals surface area contributed by atoms with Gasteiger partial charge >= 0.3 is 5.97 Å². The van der Waals surface area contributed by atoms with Crippen molar-refractivity contribution in [2.45, 2.75) is 13.3 Å². The second-order valence-electron chi connectivity index (χ2n) is 4.13. The Kier molecular flexibility index (Phi) is 4.04. The van der Waals surface area contributed by atoms with Crippen LogP contribution in [0.5, 0.6) is 0 Å². The molecule has 0 saturated heterocycles. The number of rotatable bonds is 3. The number of halogens is 2. The maximum Gasteiger partial charge on any atom is 0.350 e. The molecule has 2 rings (SSSR count). The van der Waals surface area contributed by atoms with Gasteiger partial charge in [-0.3, -0.25) is 0 Å². The van der Waals surface area contributed by atoms with Crippen LogP contribution in [0.4, 0.5) is 14.5 Å². The highest BCUT2D eigenvalue weighted by molar-refractivity contribution is 7.18. The predicted molar refractivity (Wildman–Crippen MR) is 74.8 cm³/mol. The monoisotopic (exact) mass is 297 g/mol. The molecule has 0 radical (unpaired) electrons. The number of hydrogen-bond donors (Lipinski definition) is 1. The molecule has 0 aliphatic heterocycles. The lowest BCUT2D eigenvalue weighted by atomic mass is 10.1. The van der Waals surface area contributed by atoms with E-state index in [9.17, 15) is 13.6 Å². The number of carbonyl (C=O) groups excluding carboxylic acids is 1. The summed E-state index contributed by atoms with van der Waals surface area (Å²) in [6.45, 7) is 1.88. The molecule has 0 amide bonds. The van der Waals surface area contributed by atoms with Crippen molar-refractivity contribution in [3.8, 4) is 10.4 Å². The van der Waals surface area contributed by atoms with E-state index in [1.54, 1.807) is 0 Å². The second kappa shape index (κ2) is 5.58. The van der Waals surface area contributed by atoms with Crippen molar-refractivity contribution in [2.24, 2.45) is 0 Å². The van der Waals surface area contributed by atoms with Crippen molar-refractivity contribution >= 4 is 23.0 Å². The predicted octanol–water partition coefficient (Wildman–Crippen LogP) is 3.62. The minimum absolute atomic E-state index is 0.282. The molecule has 3 nitrogen and oxygen atoms in total. The van der Waals surface area contributed by atoms with Gasteiger partial charge in [-0.25, -0.2) is 13.6 Å². The van der Waals surface area contributed by atoms with E-state index in [0.29, 0.717) is 22.5 Å². The smallest absolute Gasteiger partial charge is 0.350 e. The minimum Gasteiger partial charge on any atom is -0.465 e. The Morgan fingerprint density at radius 1 is 1.35 bits per heavy atom. The van der Waals surface area contributed by atoms with E-state index in [1.807, 2.05) is 6.92 Å². The lowest BCUT2D eigenvalue weighted by molar-refractivity contribution is 0.0607. The number of anilines is 1. The van der Waals surface area contributed by atoms with Crippen molar-refractivity contribution in [1.29, 1.82) is 0 Å². The number of thiophene rings is 1. The fourth-order valence-electron chi connectivity index (χ4n) is 1.94. The van der Waals surface area contributed by atoms with E-state index in [2.05, 4.69) is 4.74 Å². The third-order valence-electron chi connectivity index (χ3n) is 2.95. The molecule has 0 unspecified atom stereocenters. The Morgan fingerprint density at radius 3 is 2.60 bits per heavy atom. The summed E-state index contributed by atoms with van der Waals surface area (Å²) in [4.78, 5) is 12.6. The third-order valence-corrected chi connectivity index (χ3v) is 4.23.